The SMILES string of the molecule is CCC(C)C(=O)NCCCc1nn(-c2ccc(F)cc2)c(N)c1C#N. The van der Waals surface area contributed by atoms with Gasteiger partial charge in [-0.2, -0.15) is 10.4 Å². The number of carbonyl (C=O) groups is 1. The Hall–Kier alpha value is -2.88. The van der Waals surface area contributed by atoms with E-state index in [4.69, 9.17) is 5.73 Å². The molecule has 1 heterocycles. The third-order valence-corrected chi connectivity index (χ3v) is 4.13. The Kier molecular flexibility index (Phi) is 6.12. The molecule has 0 aliphatic rings. The Balaban J connectivity index is 2.06. The van der Waals surface area contributed by atoms with E-state index in [0.717, 1.165) is 6.42 Å². The van der Waals surface area contributed by atoms with Crippen LogP contribution in [0.5, 0.6) is 0 Å². The van der Waals surface area contributed by atoms with Crippen LogP contribution in [0.3, 0.4) is 0 Å². The summed E-state index contributed by atoms with van der Waals surface area (Å²) in [5.74, 6) is -0.109. The van der Waals surface area contributed by atoms with Gasteiger partial charge in [0, 0.05) is 12.5 Å². The molecule has 0 fully saturated rings. The average Bonchev–Trinajstić information content (AvgIpc) is 2.94. The molecule has 25 heavy (non-hydrogen) atoms. The quantitative estimate of drug-likeness (QED) is 0.755. The molecule has 2 aromatic rings. The Morgan fingerprint density at radius 2 is 2.12 bits per heavy atom. The first-order valence-corrected chi connectivity index (χ1v) is 8.29. The van der Waals surface area contributed by atoms with Crippen LogP contribution in [0.4, 0.5) is 10.2 Å². The normalized spacial score (nSPS) is 11.8. The molecular weight excluding hydrogens is 321 g/mol. The number of aromatic nitrogens is 2. The van der Waals surface area contributed by atoms with Crippen molar-refractivity contribution in [3.05, 3.63) is 41.3 Å². The van der Waals surface area contributed by atoms with Gasteiger partial charge in [-0.3, -0.25) is 4.79 Å². The molecular formula is C18H22FN5O. The van der Waals surface area contributed by atoms with Crippen molar-refractivity contribution in [1.82, 2.24) is 15.1 Å². The van der Waals surface area contributed by atoms with Gasteiger partial charge >= 0.3 is 0 Å². The van der Waals surface area contributed by atoms with Crippen molar-refractivity contribution in [3.63, 3.8) is 0 Å². The Morgan fingerprint density at radius 1 is 1.44 bits per heavy atom. The number of nitrogen functional groups attached to an aromatic ring is 1. The van der Waals surface area contributed by atoms with Crippen molar-refractivity contribution in [1.29, 1.82) is 5.26 Å². The maximum Gasteiger partial charge on any atom is 0.222 e. The minimum Gasteiger partial charge on any atom is -0.382 e. The van der Waals surface area contributed by atoms with Gasteiger partial charge in [-0.05, 0) is 43.5 Å². The molecule has 7 heteroatoms. The second-order valence-electron chi connectivity index (χ2n) is 5.91. The second kappa shape index (κ2) is 8.29. The summed E-state index contributed by atoms with van der Waals surface area (Å²) in [7, 11) is 0. The van der Waals surface area contributed by atoms with E-state index >= 15 is 0 Å². The van der Waals surface area contributed by atoms with Crippen molar-refractivity contribution >= 4 is 11.7 Å². The van der Waals surface area contributed by atoms with Gasteiger partial charge in [-0.25, -0.2) is 9.07 Å². The van der Waals surface area contributed by atoms with Gasteiger partial charge in [0.25, 0.3) is 0 Å². The summed E-state index contributed by atoms with van der Waals surface area (Å²) in [6.07, 6.45) is 1.96. The number of aryl methyl sites for hydroxylation is 1. The van der Waals surface area contributed by atoms with Gasteiger partial charge in [0.15, 0.2) is 0 Å². The van der Waals surface area contributed by atoms with Crippen LogP contribution in [-0.2, 0) is 11.2 Å². The van der Waals surface area contributed by atoms with E-state index in [1.54, 1.807) is 12.1 Å². The molecule has 3 N–H and O–H groups in total. The van der Waals surface area contributed by atoms with E-state index in [9.17, 15) is 14.4 Å². The number of anilines is 1. The van der Waals surface area contributed by atoms with Crippen molar-refractivity contribution < 1.29 is 9.18 Å². The summed E-state index contributed by atoms with van der Waals surface area (Å²) in [5.41, 5.74) is 7.49. The molecule has 1 atom stereocenters. The maximum absolute atomic E-state index is 13.1. The van der Waals surface area contributed by atoms with Gasteiger partial charge in [0.05, 0.1) is 11.4 Å². The number of carbonyl (C=O) groups excluding carboxylic acids is 1. The summed E-state index contributed by atoms with van der Waals surface area (Å²) in [4.78, 5) is 11.7. The molecule has 1 aromatic heterocycles. The lowest BCUT2D eigenvalue weighted by Gasteiger charge is -2.09. The molecule has 2 rings (SSSR count). The van der Waals surface area contributed by atoms with Gasteiger partial charge in [-0.1, -0.05) is 13.8 Å². The summed E-state index contributed by atoms with van der Waals surface area (Å²) in [6, 6.07) is 7.80. The Bertz CT molecular complexity index is 776. The number of halogens is 1. The molecule has 0 saturated carbocycles. The number of amides is 1. The summed E-state index contributed by atoms with van der Waals surface area (Å²) >= 11 is 0. The van der Waals surface area contributed by atoms with Crippen LogP contribution in [0, 0.1) is 23.1 Å². The highest BCUT2D eigenvalue weighted by Gasteiger charge is 2.16. The molecule has 1 amide bonds. The number of nitrogens with one attached hydrogen (secondary N) is 1. The van der Waals surface area contributed by atoms with Crippen LogP contribution in [0.15, 0.2) is 24.3 Å². The lowest BCUT2D eigenvalue weighted by molar-refractivity contribution is -0.124. The Labute approximate surface area is 146 Å². The van der Waals surface area contributed by atoms with Gasteiger partial charge in [0.1, 0.15) is 23.3 Å². The fraction of sp³-hybridized carbons (Fsp3) is 0.389. The lowest BCUT2D eigenvalue weighted by Crippen LogP contribution is -2.29. The zero-order chi connectivity index (χ0) is 18.4. The van der Waals surface area contributed by atoms with Gasteiger partial charge in [-0.15, -0.1) is 0 Å². The third-order valence-electron chi connectivity index (χ3n) is 4.13. The minimum absolute atomic E-state index is 0.0111. The van der Waals surface area contributed by atoms with E-state index in [-0.39, 0.29) is 23.5 Å². The maximum atomic E-state index is 13.1. The number of benzene rings is 1. The number of nitrogens with two attached hydrogens (primary N) is 1. The fourth-order valence-corrected chi connectivity index (χ4v) is 2.38. The molecule has 0 aliphatic carbocycles. The zero-order valence-electron chi connectivity index (χ0n) is 14.4. The van der Waals surface area contributed by atoms with E-state index in [1.165, 1.54) is 16.8 Å². The molecule has 132 valence electrons. The van der Waals surface area contributed by atoms with Crippen molar-refractivity contribution in [3.8, 4) is 11.8 Å². The van der Waals surface area contributed by atoms with Crippen LogP contribution in [-0.4, -0.2) is 22.2 Å². The molecule has 1 aromatic carbocycles. The standard InChI is InChI=1S/C18H22FN5O/c1-3-12(2)18(25)22-10-4-5-16-15(11-20)17(21)24(23-16)14-8-6-13(19)7-9-14/h6-9,12H,3-5,10,21H2,1-2H3,(H,22,25). The number of nitrogens with zero attached hydrogens (tertiary/aromatic N) is 3. The Morgan fingerprint density at radius 3 is 2.72 bits per heavy atom. The van der Waals surface area contributed by atoms with E-state index < -0.39 is 0 Å². The van der Waals surface area contributed by atoms with E-state index in [2.05, 4.69) is 16.5 Å². The number of nitriles is 1. The van der Waals surface area contributed by atoms with Crippen molar-refractivity contribution in [2.75, 3.05) is 12.3 Å². The van der Waals surface area contributed by atoms with Crippen LogP contribution in [0.25, 0.3) is 5.69 Å². The topological polar surface area (TPSA) is 96.7 Å². The molecule has 6 nitrogen and oxygen atoms in total. The molecule has 0 bridgehead atoms. The van der Waals surface area contributed by atoms with E-state index in [1.807, 2.05) is 13.8 Å². The van der Waals surface area contributed by atoms with Crippen LogP contribution in [0.1, 0.15) is 37.9 Å². The summed E-state index contributed by atoms with van der Waals surface area (Å²) < 4.78 is 14.5. The predicted octanol–water partition coefficient (Wildman–Crippen LogP) is 2.56. The number of rotatable bonds is 7. The first-order valence-electron chi connectivity index (χ1n) is 8.29. The largest absolute Gasteiger partial charge is 0.382 e. The molecule has 1 unspecified atom stereocenters. The molecule has 0 saturated heterocycles. The molecule has 0 spiro atoms. The number of hydrogen-bond acceptors (Lipinski definition) is 4. The zero-order valence-corrected chi connectivity index (χ0v) is 14.4. The highest BCUT2D eigenvalue weighted by molar-refractivity contribution is 5.78. The summed E-state index contributed by atoms with van der Waals surface area (Å²) in [6.45, 7) is 4.36. The van der Waals surface area contributed by atoms with Crippen LogP contribution < -0.4 is 11.1 Å². The van der Waals surface area contributed by atoms with Crippen LogP contribution >= 0.6 is 0 Å². The highest BCUT2D eigenvalue weighted by Crippen LogP contribution is 2.21. The molecule has 0 aliphatic heterocycles. The first kappa shape index (κ1) is 18.5. The number of hydrogen-bond donors (Lipinski definition) is 2. The fourth-order valence-electron chi connectivity index (χ4n) is 2.38. The first-order chi connectivity index (χ1) is 12.0. The van der Waals surface area contributed by atoms with Gasteiger partial charge in [0.2, 0.25) is 5.91 Å². The average molecular weight is 343 g/mol. The van der Waals surface area contributed by atoms with Crippen LogP contribution in [0.2, 0.25) is 0 Å². The predicted molar refractivity (Wildman–Crippen MR) is 93.4 cm³/mol. The smallest absolute Gasteiger partial charge is 0.222 e. The van der Waals surface area contributed by atoms with Crippen molar-refractivity contribution in [2.24, 2.45) is 5.92 Å². The summed E-state index contributed by atoms with van der Waals surface area (Å²) in [5, 5.41) is 16.6. The second-order valence-corrected chi connectivity index (χ2v) is 5.91. The monoisotopic (exact) mass is 343 g/mol. The highest BCUT2D eigenvalue weighted by atomic mass is 19.1. The third kappa shape index (κ3) is 4.35. The van der Waals surface area contributed by atoms with E-state index in [0.29, 0.717) is 36.3 Å². The van der Waals surface area contributed by atoms with Crippen molar-refractivity contribution in [2.45, 2.75) is 33.1 Å². The lowest BCUT2D eigenvalue weighted by atomic mass is 10.1. The molecule has 0 radical (unpaired) electrons. The van der Waals surface area contributed by atoms with Gasteiger partial charge < -0.3 is 11.1 Å². The minimum atomic E-state index is -0.354.